The summed E-state index contributed by atoms with van der Waals surface area (Å²) in [5, 5.41) is 13.6. The zero-order valence-corrected chi connectivity index (χ0v) is 8.92. The standard InChI is InChI=1S/C10H16N4O/c1-2-5-11-10(15)7-3-4-8-9(6-7)13-14-12-8/h7H,2-6H2,1H3,(H,11,15)(H,12,13,14). The van der Waals surface area contributed by atoms with Crippen LogP contribution >= 0.6 is 0 Å². The van der Waals surface area contributed by atoms with Crippen molar-refractivity contribution >= 4 is 5.91 Å². The van der Waals surface area contributed by atoms with Gasteiger partial charge < -0.3 is 5.32 Å². The van der Waals surface area contributed by atoms with E-state index in [9.17, 15) is 4.79 Å². The minimum absolute atomic E-state index is 0.0779. The predicted molar refractivity (Wildman–Crippen MR) is 55.2 cm³/mol. The molecule has 0 aliphatic heterocycles. The lowest BCUT2D eigenvalue weighted by Gasteiger charge is -2.19. The van der Waals surface area contributed by atoms with E-state index in [0.717, 1.165) is 43.6 Å². The van der Waals surface area contributed by atoms with Crippen LogP contribution in [0.15, 0.2) is 0 Å². The molecule has 1 aromatic rings. The van der Waals surface area contributed by atoms with Crippen LogP contribution in [0.2, 0.25) is 0 Å². The van der Waals surface area contributed by atoms with Gasteiger partial charge in [0.1, 0.15) is 0 Å². The zero-order valence-electron chi connectivity index (χ0n) is 8.92. The highest BCUT2D eigenvalue weighted by Crippen LogP contribution is 2.22. The Morgan fingerprint density at radius 3 is 3.13 bits per heavy atom. The summed E-state index contributed by atoms with van der Waals surface area (Å²) >= 11 is 0. The van der Waals surface area contributed by atoms with Crippen molar-refractivity contribution in [3.63, 3.8) is 0 Å². The Kier molecular flexibility index (Phi) is 2.99. The van der Waals surface area contributed by atoms with E-state index in [0.29, 0.717) is 0 Å². The minimum Gasteiger partial charge on any atom is -0.356 e. The quantitative estimate of drug-likeness (QED) is 0.757. The van der Waals surface area contributed by atoms with E-state index in [4.69, 9.17) is 0 Å². The Bertz CT molecular complexity index is 347. The molecule has 1 heterocycles. The van der Waals surface area contributed by atoms with Crippen molar-refractivity contribution in [1.82, 2.24) is 20.7 Å². The average molecular weight is 208 g/mol. The lowest BCUT2D eigenvalue weighted by Crippen LogP contribution is -2.34. The van der Waals surface area contributed by atoms with E-state index in [1.54, 1.807) is 0 Å². The van der Waals surface area contributed by atoms with Crippen molar-refractivity contribution in [2.24, 2.45) is 5.92 Å². The van der Waals surface area contributed by atoms with E-state index >= 15 is 0 Å². The number of rotatable bonds is 3. The maximum absolute atomic E-state index is 11.7. The second-order valence-electron chi connectivity index (χ2n) is 3.95. The maximum Gasteiger partial charge on any atom is 0.223 e. The molecule has 1 aromatic heterocycles. The van der Waals surface area contributed by atoms with E-state index in [-0.39, 0.29) is 11.8 Å². The first-order valence-electron chi connectivity index (χ1n) is 5.47. The van der Waals surface area contributed by atoms with Gasteiger partial charge >= 0.3 is 0 Å². The third-order valence-electron chi connectivity index (χ3n) is 2.79. The largest absolute Gasteiger partial charge is 0.356 e. The van der Waals surface area contributed by atoms with Gasteiger partial charge in [-0.3, -0.25) is 4.79 Å². The highest BCUT2D eigenvalue weighted by Gasteiger charge is 2.26. The molecule has 0 bridgehead atoms. The van der Waals surface area contributed by atoms with Gasteiger partial charge in [-0.05, 0) is 19.3 Å². The van der Waals surface area contributed by atoms with Crippen LogP contribution in [0.3, 0.4) is 0 Å². The fourth-order valence-electron chi connectivity index (χ4n) is 1.90. The van der Waals surface area contributed by atoms with Crippen LogP contribution in [0.25, 0.3) is 0 Å². The van der Waals surface area contributed by atoms with Gasteiger partial charge in [0.25, 0.3) is 0 Å². The van der Waals surface area contributed by atoms with Crippen LogP contribution in [0, 0.1) is 5.92 Å². The van der Waals surface area contributed by atoms with E-state index < -0.39 is 0 Å². The maximum atomic E-state index is 11.7. The molecule has 1 unspecified atom stereocenters. The molecule has 0 saturated heterocycles. The Hall–Kier alpha value is -1.39. The average Bonchev–Trinajstić information content (AvgIpc) is 2.72. The van der Waals surface area contributed by atoms with E-state index in [1.807, 2.05) is 0 Å². The number of fused-ring (bicyclic) bond motifs is 1. The number of nitrogens with zero attached hydrogens (tertiary/aromatic N) is 2. The third-order valence-corrected chi connectivity index (χ3v) is 2.79. The normalized spacial score (nSPS) is 19.7. The van der Waals surface area contributed by atoms with Crippen LogP contribution in [0.4, 0.5) is 0 Å². The number of carbonyl (C=O) groups excluding carboxylic acids is 1. The SMILES string of the molecule is CCCNC(=O)C1CCc2n[nH]nc2C1. The van der Waals surface area contributed by atoms with Crippen molar-refractivity contribution in [2.75, 3.05) is 6.54 Å². The first-order chi connectivity index (χ1) is 7.31. The van der Waals surface area contributed by atoms with Crippen LogP contribution in [0.5, 0.6) is 0 Å². The number of aromatic nitrogens is 3. The first-order valence-corrected chi connectivity index (χ1v) is 5.47. The molecule has 1 atom stereocenters. The van der Waals surface area contributed by atoms with Crippen molar-refractivity contribution < 1.29 is 4.79 Å². The number of hydrogen-bond donors (Lipinski definition) is 2. The highest BCUT2D eigenvalue weighted by atomic mass is 16.1. The molecule has 1 aliphatic rings. The Labute approximate surface area is 88.6 Å². The fourth-order valence-corrected chi connectivity index (χ4v) is 1.90. The summed E-state index contributed by atoms with van der Waals surface area (Å²) in [4.78, 5) is 11.7. The summed E-state index contributed by atoms with van der Waals surface area (Å²) in [5.41, 5.74) is 1.98. The zero-order chi connectivity index (χ0) is 10.7. The van der Waals surface area contributed by atoms with Gasteiger partial charge in [0.2, 0.25) is 5.91 Å². The van der Waals surface area contributed by atoms with Crippen LogP contribution in [-0.2, 0) is 17.6 Å². The molecule has 0 radical (unpaired) electrons. The summed E-state index contributed by atoms with van der Waals surface area (Å²) in [6.45, 7) is 2.82. The minimum atomic E-state index is 0.0779. The molecule has 5 nitrogen and oxygen atoms in total. The van der Waals surface area contributed by atoms with Gasteiger partial charge in [0, 0.05) is 18.9 Å². The Balaban J connectivity index is 1.94. The second-order valence-corrected chi connectivity index (χ2v) is 3.95. The monoisotopic (exact) mass is 208 g/mol. The van der Waals surface area contributed by atoms with Crippen molar-refractivity contribution in [3.05, 3.63) is 11.4 Å². The molecule has 0 saturated carbocycles. The molecule has 2 rings (SSSR count). The van der Waals surface area contributed by atoms with Crippen molar-refractivity contribution in [3.8, 4) is 0 Å². The summed E-state index contributed by atoms with van der Waals surface area (Å²) in [5.74, 6) is 0.236. The van der Waals surface area contributed by atoms with Crippen molar-refractivity contribution in [1.29, 1.82) is 0 Å². The topological polar surface area (TPSA) is 70.7 Å². The lowest BCUT2D eigenvalue weighted by atomic mass is 9.89. The molecule has 2 N–H and O–H groups in total. The first kappa shape index (κ1) is 10.1. The smallest absolute Gasteiger partial charge is 0.223 e. The predicted octanol–water partition coefficient (Wildman–Crippen LogP) is 0.436. The van der Waals surface area contributed by atoms with E-state index in [2.05, 4.69) is 27.7 Å². The molecule has 15 heavy (non-hydrogen) atoms. The number of aryl methyl sites for hydroxylation is 1. The Morgan fingerprint density at radius 2 is 2.33 bits per heavy atom. The van der Waals surface area contributed by atoms with E-state index in [1.165, 1.54) is 0 Å². The summed E-state index contributed by atoms with van der Waals surface area (Å²) in [6.07, 6.45) is 3.44. The van der Waals surface area contributed by atoms with Gasteiger partial charge in [-0.15, -0.1) is 0 Å². The number of amides is 1. The number of aromatic amines is 1. The summed E-state index contributed by atoms with van der Waals surface area (Å²) in [7, 11) is 0. The van der Waals surface area contributed by atoms with Gasteiger partial charge in [-0.2, -0.15) is 15.4 Å². The molecular formula is C10H16N4O. The summed E-state index contributed by atoms with van der Waals surface area (Å²) in [6, 6.07) is 0. The third kappa shape index (κ3) is 2.16. The molecule has 0 aromatic carbocycles. The van der Waals surface area contributed by atoms with Crippen LogP contribution < -0.4 is 5.32 Å². The molecule has 82 valence electrons. The molecule has 1 amide bonds. The second kappa shape index (κ2) is 4.42. The molecule has 1 aliphatic carbocycles. The van der Waals surface area contributed by atoms with Gasteiger partial charge in [-0.1, -0.05) is 6.92 Å². The fraction of sp³-hybridized carbons (Fsp3) is 0.700. The number of carbonyl (C=O) groups is 1. The van der Waals surface area contributed by atoms with Gasteiger partial charge in [0.15, 0.2) is 0 Å². The summed E-state index contributed by atoms with van der Waals surface area (Å²) < 4.78 is 0. The Morgan fingerprint density at radius 1 is 1.53 bits per heavy atom. The number of nitrogens with one attached hydrogen (secondary N) is 2. The number of hydrogen-bond acceptors (Lipinski definition) is 3. The number of H-pyrrole nitrogens is 1. The molecular weight excluding hydrogens is 192 g/mol. The lowest BCUT2D eigenvalue weighted by molar-refractivity contribution is -0.125. The van der Waals surface area contributed by atoms with Gasteiger partial charge in [-0.25, -0.2) is 0 Å². The van der Waals surface area contributed by atoms with Crippen LogP contribution in [-0.4, -0.2) is 27.9 Å². The molecule has 0 spiro atoms. The molecule has 5 heteroatoms. The highest BCUT2D eigenvalue weighted by molar-refractivity contribution is 5.79. The van der Waals surface area contributed by atoms with Crippen LogP contribution in [0.1, 0.15) is 31.2 Å². The van der Waals surface area contributed by atoms with Gasteiger partial charge in [0.05, 0.1) is 11.4 Å². The molecule has 0 fully saturated rings. The van der Waals surface area contributed by atoms with Crippen molar-refractivity contribution in [2.45, 2.75) is 32.6 Å².